The van der Waals surface area contributed by atoms with Crippen LogP contribution < -0.4 is 20.8 Å². The number of benzene rings is 3. The van der Waals surface area contributed by atoms with Crippen molar-refractivity contribution in [1.82, 2.24) is 24.2 Å². The molecule has 0 aliphatic carbocycles. The number of aromatic nitrogens is 4. The minimum absolute atomic E-state index is 0.195. The Labute approximate surface area is 340 Å². The lowest BCUT2D eigenvalue weighted by atomic mass is 9.80. The van der Waals surface area contributed by atoms with Crippen LogP contribution in [-0.4, -0.2) is 86.5 Å². The van der Waals surface area contributed by atoms with Crippen molar-refractivity contribution in [1.29, 1.82) is 5.26 Å². The van der Waals surface area contributed by atoms with Gasteiger partial charge in [-0.2, -0.15) is 27.9 Å². The average molecular weight is 839 g/mol. The lowest BCUT2D eigenvalue weighted by Gasteiger charge is -2.39. The molecule has 1 saturated heterocycles. The lowest BCUT2D eigenvalue weighted by molar-refractivity contribution is -0.209. The van der Waals surface area contributed by atoms with Gasteiger partial charge in [0.15, 0.2) is 23.5 Å². The predicted molar refractivity (Wildman–Crippen MR) is 215 cm³/mol. The van der Waals surface area contributed by atoms with Crippen LogP contribution in [0.2, 0.25) is 0 Å². The molecule has 2 aromatic heterocycles. The number of ether oxygens (including phenoxy) is 4. The molecule has 3 aromatic carbocycles. The first-order chi connectivity index (χ1) is 28.1. The maximum absolute atomic E-state index is 15.8. The monoisotopic (exact) mass is 838 g/mol. The topological polar surface area (TPSA) is 183 Å². The summed E-state index contributed by atoms with van der Waals surface area (Å²) in [6.07, 6.45) is -9.81. The van der Waals surface area contributed by atoms with Crippen molar-refractivity contribution in [2.75, 3.05) is 32.7 Å². The van der Waals surface area contributed by atoms with Crippen LogP contribution in [0.4, 0.5) is 19.1 Å². The summed E-state index contributed by atoms with van der Waals surface area (Å²) in [5.41, 5.74) is 4.97. The first kappa shape index (κ1) is 43.5. The number of methoxy groups -OCH3 is 2. The van der Waals surface area contributed by atoms with Crippen LogP contribution in [0.5, 0.6) is 11.5 Å². The molecule has 5 aromatic rings. The van der Waals surface area contributed by atoms with Crippen molar-refractivity contribution in [2.24, 2.45) is 5.92 Å². The van der Waals surface area contributed by atoms with Gasteiger partial charge >= 0.3 is 14.0 Å². The number of nitrogens with zero attached hydrogens (tertiary/aromatic N) is 5. The highest BCUT2D eigenvalue weighted by atomic mass is 31.2. The quantitative estimate of drug-likeness (QED) is 0.0686. The van der Waals surface area contributed by atoms with Gasteiger partial charge in [-0.05, 0) is 68.7 Å². The van der Waals surface area contributed by atoms with E-state index in [2.05, 4.69) is 15.0 Å². The van der Waals surface area contributed by atoms with Gasteiger partial charge in [0, 0.05) is 12.1 Å². The summed E-state index contributed by atoms with van der Waals surface area (Å²) >= 11 is 0. The van der Waals surface area contributed by atoms with Crippen molar-refractivity contribution in [3.05, 3.63) is 112 Å². The fourth-order valence-corrected chi connectivity index (χ4v) is 10.9. The molecule has 314 valence electrons. The molecular formula is C41H48F3N7O7P+. The predicted octanol–water partition coefficient (Wildman–Crippen LogP) is 6.98. The van der Waals surface area contributed by atoms with Gasteiger partial charge in [-0.3, -0.25) is 14.3 Å². The maximum Gasteiger partial charge on any atom is 0.398 e. The molecule has 1 aliphatic heterocycles. The smallest absolute Gasteiger partial charge is 0.398 e. The fraction of sp³-hybridized carbons (Fsp3) is 0.415. The minimum atomic E-state index is -5.03. The van der Waals surface area contributed by atoms with Crippen LogP contribution in [-0.2, 0) is 19.6 Å². The Morgan fingerprint density at radius 1 is 0.966 bits per heavy atom. The molecular weight excluding hydrogens is 790 g/mol. The molecule has 18 heteroatoms. The van der Waals surface area contributed by atoms with Crippen molar-refractivity contribution < 1.29 is 41.5 Å². The molecule has 0 bridgehead atoms. The largest absolute Gasteiger partial charge is 0.497 e. The highest BCUT2D eigenvalue weighted by Gasteiger charge is 2.65. The number of fused-ring (bicyclic) bond motifs is 1. The first-order valence-corrected chi connectivity index (χ1v) is 20.8. The number of nitrogen functional groups attached to an aromatic ring is 1. The number of nitrogens with one attached hydrogen (secondary N) is 1. The Bertz CT molecular complexity index is 2230. The van der Waals surface area contributed by atoms with Gasteiger partial charge in [-0.25, -0.2) is 9.88 Å². The number of nitriles is 1. The molecule has 0 spiro atoms. The van der Waals surface area contributed by atoms with Gasteiger partial charge in [0.05, 0.1) is 39.6 Å². The summed E-state index contributed by atoms with van der Waals surface area (Å²) in [5.74, 6) is -1.69. The Hall–Kier alpha value is -5.08. The summed E-state index contributed by atoms with van der Waals surface area (Å²) in [4.78, 5) is 35.8. The average Bonchev–Trinajstić information content (AvgIpc) is 3.79. The Morgan fingerprint density at radius 3 is 2.03 bits per heavy atom. The zero-order valence-electron chi connectivity index (χ0n) is 33.5. The molecule has 14 nitrogen and oxygen atoms in total. The Morgan fingerprint density at radius 2 is 1.53 bits per heavy atom. The van der Waals surface area contributed by atoms with Gasteiger partial charge in [0.1, 0.15) is 35.3 Å². The van der Waals surface area contributed by atoms with Gasteiger partial charge in [0.25, 0.3) is 5.56 Å². The van der Waals surface area contributed by atoms with Gasteiger partial charge in [-0.15, -0.1) is 4.67 Å². The third-order valence-corrected chi connectivity index (χ3v) is 13.3. The van der Waals surface area contributed by atoms with E-state index in [0.717, 1.165) is 10.9 Å². The number of rotatable bonds is 16. The third-order valence-electron chi connectivity index (χ3n) is 10.3. The third kappa shape index (κ3) is 8.65. The van der Waals surface area contributed by atoms with E-state index in [0.29, 0.717) is 28.2 Å². The molecule has 1 fully saturated rings. The molecule has 0 radical (unpaired) electrons. The standard InChI is InChI=1S/C41H47F3N7O7P/c1-25(2)51(26(3)4)59(53,22-10-21-45)58-35-32(57-38(33(35)41(42,43)44)50-24-47-34-36(50)48-39(46)49-37(34)52)23-56-40(27-11-8-7-9-12-27,28-13-17-30(54-5)18-14-28)29-15-19-31(55-6)20-16-29/h7-9,11-20,24-26,32-33,35,38,53H,10,22-23H2,1-6H3,(H2-,46,48,49,52)/p+1/t32-,33-,35-,38-,59?/m1/s1. The zero-order valence-corrected chi connectivity index (χ0v) is 34.4. The summed E-state index contributed by atoms with van der Waals surface area (Å²) < 4.78 is 81.0. The molecule has 0 saturated carbocycles. The normalized spacial score (nSPS) is 19.7. The molecule has 4 N–H and O–H groups in total. The van der Waals surface area contributed by atoms with Crippen molar-refractivity contribution in [3.63, 3.8) is 0 Å². The second-order valence-electron chi connectivity index (χ2n) is 14.7. The van der Waals surface area contributed by atoms with E-state index in [-0.39, 0.29) is 29.7 Å². The highest BCUT2D eigenvalue weighted by Crippen LogP contribution is 2.65. The molecule has 5 atom stereocenters. The molecule has 1 unspecified atom stereocenters. The van der Waals surface area contributed by atoms with E-state index >= 15 is 13.2 Å². The summed E-state index contributed by atoms with van der Waals surface area (Å²) in [7, 11) is -0.922. The van der Waals surface area contributed by atoms with E-state index in [4.69, 9.17) is 29.2 Å². The van der Waals surface area contributed by atoms with E-state index in [1.807, 2.05) is 36.4 Å². The highest BCUT2D eigenvalue weighted by molar-refractivity contribution is 7.63. The number of aromatic amines is 1. The van der Waals surface area contributed by atoms with Gasteiger partial charge < -0.3 is 24.7 Å². The number of H-pyrrole nitrogens is 1. The van der Waals surface area contributed by atoms with Crippen molar-refractivity contribution in [2.45, 2.75) is 76.4 Å². The molecule has 0 amide bonds. The van der Waals surface area contributed by atoms with E-state index in [1.54, 1.807) is 80.9 Å². The van der Waals surface area contributed by atoms with Crippen LogP contribution in [0.1, 0.15) is 57.0 Å². The number of nitrogens with two attached hydrogens (primary N) is 1. The van der Waals surface area contributed by atoms with Crippen LogP contribution in [0.25, 0.3) is 11.2 Å². The fourth-order valence-electron chi connectivity index (χ4n) is 7.93. The molecule has 1 aliphatic rings. The molecule has 6 rings (SSSR count). The number of hydrogen-bond donors (Lipinski definition) is 3. The van der Waals surface area contributed by atoms with Gasteiger partial charge in [0.2, 0.25) is 5.95 Å². The summed E-state index contributed by atoms with van der Waals surface area (Å²) in [6, 6.07) is 24.6. The Balaban J connectivity index is 1.56. The first-order valence-electron chi connectivity index (χ1n) is 19.0. The second kappa shape index (κ2) is 17.6. The van der Waals surface area contributed by atoms with E-state index in [9.17, 15) is 14.9 Å². The summed E-state index contributed by atoms with van der Waals surface area (Å²) in [6.45, 7) is 6.64. The van der Waals surface area contributed by atoms with Crippen molar-refractivity contribution in [3.8, 4) is 17.6 Å². The van der Waals surface area contributed by atoms with E-state index in [1.165, 1.54) is 14.2 Å². The number of alkyl halides is 3. The van der Waals surface area contributed by atoms with Gasteiger partial charge in [-0.1, -0.05) is 54.6 Å². The maximum atomic E-state index is 15.8. The second-order valence-corrected chi connectivity index (χ2v) is 17.1. The number of imidazole rings is 1. The minimum Gasteiger partial charge on any atom is -0.497 e. The van der Waals surface area contributed by atoms with Crippen LogP contribution in [0.15, 0.2) is 90.0 Å². The van der Waals surface area contributed by atoms with Crippen LogP contribution in [0, 0.1) is 17.2 Å². The molecule has 3 heterocycles. The van der Waals surface area contributed by atoms with Crippen LogP contribution in [0.3, 0.4) is 0 Å². The van der Waals surface area contributed by atoms with Crippen LogP contribution >= 0.6 is 7.87 Å². The Kier molecular flexibility index (Phi) is 13.0. The lowest BCUT2D eigenvalue weighted by Crippen LogP contribution is -2.46. The van der Waals surface area contributed by atoms with E-state index < -0.39 is 68.2 Å². The SMILES string of the molecule is COc1ccc(C(OC[C@H]2O[C@@H](n3cnc4c(=O)[nH]c(N)nc43)[C@H](C(F)(F)F)[C@@H]2O[P+](O)(CCC#N)N(C(C)C)C(C)C)(c2ccccc2)c2ccc(OC)cc2)cc1. The summed E-state index contributed by atoms with van der Waals surface area (Å²) in [5, 5.41) is 9.65. The number of hydrogen-bond acceptors (Lipinski definition) is 12. The number of anilines is 1. The number of halogens is 3. The van der Waals surface area contributed by atoms with Crippen molar-refractivity contribution >= 4 is 25.0 Å². The molecule has 59 heavy (non-hydrogen) atoms. The zero-order chi connectivity index (χ0) is 42.7.